The average Bonchev–Trinajstić information content (AvgIpc) is 2.80. The Hall–Kier alpha value is -3.84. The Morgan fingerprint density at radius 3 is 2.24 bits per heavy atom. The summed E-state index contributed by atoms with van der Waals surface area (Å²) in [6.07, 6.45) is -7.49. The summed E-state index contributed by atoms with van der Waals surface area (Å²) in [6.45, 7) is 1.16. The van der Waals surface area contributed by atoms with Gasteiger partial charge in [-0.25, -0.2) is 4.79 Å². The van der Waals surface area contributed by atoms with Gasteiger partial charge in [0.05, 0.1) is 13.2 Å². The van der Waals surface area contributed by atoms with Crippen molar-refractivity contribution < 1.29 is 54.1 Å². The highest BCUT2D eigenvalue weighted by Gasteiger charge is 2.33. The molecule has 0 bridgehead atoms. The number of methoxy groups -OCH3 is 1. The lowest BCUT2D eigenvalue weighted by atomic mass is 10.1. The molecule has 182 valence electrons. The lowest BCUT2D eigenvalue weighted by Gasteiger charge is -2.27. The highest BCUT2D eigenvalue weighted by Crippen LogP contribution is 2.42. The molecule has 0 fully saturated rings. The van der Waals surface area contributed by atoms with Crippen molar-refractivity contribution in [2.75, 3.05) is 7.11 Å². The Labute approximate surface area is 191 Å². The molecule has 0 saturated heterocycles. The number of aliphatic hydroxyl groups is 3. The number of hydrogen-bond acceptors (Lipinski definition) is 12. The number of benzene rings is 2. The molecular formula is C22H22O12. The van der Waals surface area contributed by atoms with Crippen molar-refractivity contribution in [1.29, 1.82) is 0 Å². The summed E-state index contributed by atoms with van der Waals surface area (Å²) < 4.78 is 20.2. The van der Waals surface area contributed by atoms with Gasteiger partial charge in [-0.1, -0.05) is 0 Å². The maximum Gasteiger partial charge on any atom is 0.363 e. The molecule has 0 aliphatic carbocycles. The molecule has 1 heterocycles. The molecule has 34 heavy (non-hydrogen) atoms. The van der Waals surface area contributed by atoms with E-state index in [2.05, 4.69) is 4.74 Å². The minimum Gasteiger partial charge on any atom is -0.508 e. The van der Waals surface area contributed by atoms with E-state index in [0.717, 1.165) is 26.2 Å². The normalized spacial score (nSPS) is 14.9. The van der Waals surface area contributed by atoms with Crippen LogP contribution in [0.4, 0.5) is 0 Å². The van der Waals surface area contributed by atoms with Gasteiger partial charge in [0, 0.05) is 17.7 Å². The molecule has 0 saturated carbocycles. The molecule has 3 rings (SSSR count). The first kappa shape index (κ1) is 24.8. The number of fused-ring (bicyclic) bond motifs is 1. The van der Waals surface area contributed by atoms with Gasteiger partial charge in [-0.3, -0.25) is 4.79 Å². The maximum absolute atomic E-state index is 12.6. The number of carbonyl (C=O) groups excluding carboxylic acids is 1. The van der Waals surface area contributed by atoms with Gasteiger partial charge in [0.15, 0.2) is 16.9 Å². The SMILES string of the molecule is COC(=O)C(O)OC(Oc1cc2oc(-c3ccc(O)cc3)cc(=O)c2c(O)c1O)C(O)C(C)O. The van der Waals surface area contributed by atoms with E-state index < -0.39 is 53.4 Å². The predicted octanol–water partition coefficient (Wildman–Crippen LogP) is 0.531. The minimum atomic E-state index is -2.22. The fourth-order valence-electron chi connectivity index (χ4n) is 2.94. The number of aromatic hydroxyl groups is 3. The quantitative estimate of drug-likeness (QED) is 0.149. The highest BCUT2D eigenvalue weighted by molar-refractivity contribution is 5.89. The summed E-state index contributed by atoms with van der Waals surface area (Å²) in [4.78, 5) is 24.1. The molecule has 12 heteroatoms. The molecule has 12 nitrogen and oxygen atoms in total. The Morgan fingerprint density at radius 1 is 1.00 bits per heavy atom. The third-order valence-corrected chi connectivity index (χ3v) is 4.77. The van der Waals surface area contributed by atoms with Crippen molar-refractivity contribution in [3.8, 4) is 34.3 Å². The van der Waals surface area contributed by atoms with Crippen molar-refractivity contribution in [3.05, 3.63) is 46.6 Å². The first-order chi connectivity index (χ1) is 16.0. The summed E-state index contributed by atoms with van der Waals surface area (Å²) in [7, 11) is 0.969. The molecule has 0 amide bonds. The fourth-order valence-corrected chi connectivity index (χ4v) is 2.94. The molecule has 1 aromatic heterocycles. The van der Waals surface area contributed by atoms with E-state index in [9.17, 15) is 40.2 Å². The summed E-state index contributed by atoms with van der Waals surface area (Å²) in [5.41, 5.74) is -0.528. The van der Waals surface area contributed by atoms with Crippen molar-refractivity contribution in [3.63, 3.8) is 0 Å². The van der Waals surface area contributed by atoms with E-state index in [1.54, 1.807) is 0 Å². The van der Waals surface area contributed by atoms with E-state index >= 15 is 0 Å². The predicted molar refractivity (Wildman–Crippen MR) is 114 cm³/mol. The summed E-state index contributed by atoms with van der Waals surface area (Å²) in [5, 5.41) is 59.4. The van der Waals surface area contributed by atoms with E-state index in [4.69, 9.17) is 13.9 Å². The Balaban J connectivity index is 2.07. The number of aliphatic hydroxyl groups excluding tert-OH is 3. The van der Waals surface area contributed by atoms with Crippen LogP contribution in [0.25, 0.3) is 22.3 Å². The molecule has 3 aromatic rings. The van der Waals surface area contributed by atoms with Crippen LogP contribution in [0.15, 0.2) is 45.6 Å². The monoisotopic (exact) mass is 478 g/mol. The zero-order valence-electron chi connectivity index (χ0n) is 17.9. The standard InChI is InChI=1S/C22H22O12/c1-9(23)17(26)22(34-21(30)20(29)31-2)33-15-8-14-16(19(28)18(15)27)12(25)7-13(32-14)10-3-5-11(24)6-4-10/h3-9,17,21-24,26-28,30H,1-2H3. The van der Waals surface area contributed by atoms with Crippen LogP contribution >= 0.6 is 0 Å². The second kappa shape index (κ2) is 9.97. The molecule has 6 N–H and O–H groups in total. The van der Waals surface area contributed by atoms with Crippen LogP contribution < -0.4 is 10.2 Å². The zero-order chi connectivity index (χ0) is 25.2. The molecule has 0 aliphatic rings. The third kappa shape index (κ3) is 5.05. The first-order valence-electron chi connectivity index (χ1n) is 9.79. The van der Waals surface area contributed by atoms with Gasteiger partial charge in [0.25, 0.3) is 6.29 Å². The topological polar surface area (TPSA) is 196 Å². The summed E-state index contributed by atoms with van der Waals surface area (Å²) >= 11 is 0. The third-order valence-electron chi connectivity index (χ3n) is 4.77. The van der Waals surface area contributed by atoms with Gasteiger partial charge in [-0.05, 0) is 31.2 Å². The van der Waals surface area contributed by atoms with Crippen LogP contribution in [0.3, 0.4) is 0 Å². The van der Waals surface area contributed by atoms with Crippen molar-refractivity contribution in [2.45, 2.75) is 31.7 Å². The van der Waals surface area contributed by atoms with Crippen molar-refractivity contribution in [1.82, 2.24) is 0 Å². The van der Waals surface area contributed by atoms with Crippen LogP contribution in [0.2, 0.25) is 0 Å². The lowest BCUT2D eigenvalue weighted by molar-refractivity contribution is -0.246. The molecule has 4 atom stereocenters. The van der Waals surface area contributed by atoms with E-state index in [0.29, 0.717) is 5.56 Å². The Morgan fingerprint density at radius 2 is 1.65 bits per heavy atom. The van der Waals surface area contributed by atoms with Crippen LogP contribution in [-0.2, 0) is 14.3 Å². The number of carbonyl (C=O) groups is 1. The largest absolute Gasteiger partial charge is 0.508 e. The van der Waals surface area contributed by atoms with Crippen LogP contribution in [0, 0.1) is 0 Å². The Kier molecular flexibility index (Phi) is 7.27. The number of rotatable bonds is 8. The van der Waals surface area contributed by atoms with Gasteiger partial charge in [0.2, 0.25) is 12.0 Å². The van der Waals surface area contributed by atoms with Gasteiger partial charge in [0.1, 0.15) is 28.6 Å². The number of phenolic OH excluding ortho intramolecular Hbond substituents is 3. The molecule has 2 aromatic carbocycles. The highest BCUT2D eigenvalue weighted by atomic mass is 16.8. The molecule has 4 unspecified atom stereocenters. The van der Waals surface area contributed by atoms with Crippen molar-refractivity contribution >= 4 is 16.9 Å². The van der Waals surface area contributed by atoms with Crippen LogP contribution in [0.5, 0.6) is 23.0 Å². The second-order valence-corrected chi connectivity index (χ2v) is 7.20. The van der Waals surface area contributed by atoms with Gasteiger partial charge < -0.3 is 49.3 Å². The van der Waals surface area contributed by atoms with Gasteiger partial charge >= 0.3 is 5.97 Å². The minimum absolute atomic E-state index is 0.0120. The maximum atomic E-state index is 12.6. The first-order valence-corrected chi connectivity index (χ1v) is 9.79. The van der Waals surface area contributed by atoms with E-state index in [1.807, 2.05) is 0 Å². The molecule has 0 spiro atoms. The molecule has 0 aliphatic heterocycles. The van der Waals surface area contributed by atoms with E-state index in [-0.39, 0.29) is 22.5 Å². The second-order valence-electron chi connectivity index (χ2n) is 7.20. The van der Waals surface area contributed by atoms with Crippen LogP contribution in [0.1, 0.15) is 6.92 Å². The summed E-state index contributed by atoms with van der Waals surface area (Å²) in [6, 6.07) is 7.78. The fraction of sp³-hybridized carbons (Fsp3) is 0.273. The number of esters is 1. The van der Waals surface area contributed by atoms with Gasteiger partial charge in [-0.2, -0.15) is 0 Å². The van der Waals surface area contributed by atoms with E-state index in [1.165, 1.54) is 24.3 Å². The Bertz CT molecular complexity index is 1230. The van der Waals surface area contributed by atoms with Gasteiger partial charge in [-0.15, -0.1) is 0 Å². The molecular weight excluding hydrogens is 456 g/mol. The zero-order valence-corrected chi connectivity index (χ0v) is 17.9. The molecule has 0 radical (unpaired) electrons. The lowest BCUT2D eigenvalue weighted by Crippen LogP contribution is -2.45. The smallest absolute Gasteiger partial charge is 0.363 e. The summed E-state index contributed by atoms with van der Waals surface area (Å²) in [5.74, 6) is -3.60. The van der Waals surface area contributed by atoms with Crippen LogP contribution in [-0.4, -0.2) is 68.5 Å². The average molecular weight is 478 g/mol. The number of phenols is 3. The van der Waals surface area contributed by atoms with Crippen molar-refractivity contribution in [2.24, 2.45) is 0 Å². The number of ether oxygens (including phenoxy) is 3. The number of hydrogen-bond donors (Lipinski definition) is 6.